The minimum absolute atomic E-state index is 0.497. The van der Waals surface area contributed by atoms with Gasteiger partial charge in [0.1, 0.15) is 6.61 Å². The minimum atomic E-state index is 0.497. The molecule has 0 spiro atoms. The Hall–Kier alpha value is -2.60. The maximum absolute atomic E-state index is 5.82. The van der Waals surface area contributed by atoms with Crippen LogP contribution in [-0.4, -0.2) is 25.5 Å². The monoisotopic (exact) mass is 330 g/mol. The van der Waals surface area contributed by atoms with Gasteiger partial charge in [0.25, 0.3) is 0 Å². The summed E-state index contributed by atoms with van der Waals surface area (Å²) in [4.78, 5) is 0. The van der Waals surface area contributed by atoms with Crippen molar-refractivity contribution in [2.24, 2.45) is 0 Å². The summed E-state index contributed by atoms with van der Waals surface area (Å²) in [5, 5.41) is 6.22. The Kier molecular flexibility index (Phi) is 6.38. The van der Waals surface area contributed by atoms with E-state index in [1.165, 1.54) is 0 Å². The van der Waals surface area contributed by atoms with Crippen LogP contribution in [0.4, 0.5) is 0 Å². The van der Waals surface area contributed by atoms with Crippen molar-refractivity contribution in [3.05, 3.63) is 59.7 Å². The fourth-order valence-electron chi connectivity index (χ4n) is 1.88. The normalized spacial score (nSPS) is 10.3. The van der Waals surface area contributed by atoms with E-state index < -0.39 is 0 Å². The number of methoxy groups -OCH3 is 1. The molecule has 2 rings (SSSR count). The number of hydrogen-bond donors (Lipinski definition) is 3. The minimum Gasteiger partial charge on any atom is -0.493 e. The molecule has 0 aliphatic heterocycles. The lowest BCUT2D eigenvalue weighted by atomic mass is 10.2. The number of hydrogen-bond acceptors (Lipinski definition) is 3. The van der Waals surface area contributed by atoms with Crippen molar-refractivity contribution in [2.45, 2.75) is 6.61 Å². The van der Waals surface area contributed by atoms with Gasteiger partial charge >= 0.3 is 0 Å². The maximum atomic E-state index is 5.82. The third kappa shape index (κ3) is 5.27. The highest BCUT2D eigenvalue weighted by Gasteiger charge is 2.06. The predicted molar refractivity (Wildman–Crippen MR) is 94.7 cm³/mol. The van der Waals surface area contributed by atoms with Crippen LogP contribution in [0.1, 0.15) is 11.1 Å². The van der Waals surface area contributed by atoms with Gasteiger partial charge in [-0.25, -0.2) is 0 Å². The second kappa shape index (κ2) is 8.75. The van der Waals surface area contributed by atoms with E-state index in [0.717, 1.165) is 11.1 Å². The van der Waals surface area contributed by atoms with Crippen LogP contribution < -0.4 is 25.3 Å². The molecule has 0 radical (unpaired) electrons. The molecule has 2 aromatic rings. The Morgan fingerprint density at radius 2 is 1.96 bits per heavy atom. The Morgan fingerprint density at radius 3 is 2.65 bits per heavy atom. The van der Waals surface area contributed by atoms with Gasteiger partial charge in [0.15, 0.2) is 17.7 Å². The van der Waals surface area contributed by atoms with E-state index in [2.05, 4.69) is 15.8 Å². The first-order valence-electron chi connectivity index (χ1n) is 7.14. The van der Waals surface area contributed by atoms with E-state index in [-0.39, 0.29) is 0 Å². The van der Waals surface area contributed by atoms with Crippen molar-refractivity contribution < 1.29 is 14.6 Å². The van der Waals surface area contributed by atoms with Crippen LogP contribution in [0.2, 0.25) is 0 Å². The highest BCUT2D eigenvalue weighted by Crippen LogP contribution is 2.28. The molecular formula is C17H20N3O2S+. The second-order valence-electron chi connectivity index (χ2n) is 4.68. The zero-order valence-electron chi connectivity index (χ0n) is 13.1. The Morgan fingerprint density at radius 1 is 1.17 bits per heavy atom. The first-order chi connectivity index (χ1) is 11.2. The average Bonchev–Trinajstić information content (AvgIpc) is 2.61. The van der Waals surface area contributed by atoms with Crippen molar-refractivity contribution in [3.8, 4) is 11.5 Å². The number of thiocarbonyl (C=S) groups is 1. The zero-order valence-corrected chi connectivity index (χ0v) is 13.9. The van der Waals surface area contributed by atoms with Gasteiger partial charge < -0.3 is 14.8 Å². The molecule has 0 aliphatic carbocycles. The Balaban J connectivity index is 2.02. The number of hydrazine groups is 1. The Bertz CT molecular complexity index is 675. The smallest absolute Gasteiger partial charge is 0.223 e. The summed E-state index contributed by atoms with van der Waals surface area (Å²) in [5.41, 5.74) is 4.86. The molecule has 0 unspecified atom stereocenters. The largest absolute Gasteiger partial charge is 0.493 e. The van der Waals surface area contributed by atoms with Crippen LogP contribution in [0, 0.1) is 0 Å². The maximum Gasteiger partial charge on any atom is 0.223 e. The topological polar surface area (TPSA) is 56.5 Å². The summed E-state index contributed by atoms with van der Waals surface area (Å²) < 4.78 is 11.2. The van der Waals surface area contributed by atoms with Gasteiger partial charge in [-0.05, 0) is 36.0 Å². The van der Waals surface area contributed by atoms with Crippen LogP contribution in [0.25, 0.3) is 0 Å². The van der Waals surface area contributed by atoms with Gasteiger partial charge in [-0.1, -0.05) is 30.3 Å². The fourth-order valence-corrected chi connectivity index (χ4v) is 1.93. The molecule has 0 amide bonds. The summed E-state index contributed by atoms with van der Waals surface area (Å²) in [5.74, 6) is 1.37. The van der Waals surface area contributed by atoms with Crippen LogP contribution >= 0.6 is 12.2 Å². The molecule has 2 aromatic carbocycles. The first-order valence-corrected chi connectivity index (χ1v) is 7.55. The third-order valence-corrected chi connectivity index (χ3v) is 3.38. The summed E-state index contributed by atoms with van der Waals surface area (Å²) in [6, 6.07) is 15.7. The molecule has 5 nitrogen and oxygen atoms in total. The lowest BCUT2D eigenvalue weighted by Crippen LogP contribution is -2.82. The van der Waals surface area contributed by atoms with E-state index in [1.807, 2.05) is 48.5 Å². The van der Waals surface area contributed by atoms with Crippen molar-refractivity contribution in [2.75, 3.05) is 14.2 Å². The molecule has 0 heterocycles. The molecule has 0 saturated carbocycles. The van der Waals surface area contributed by atoms with Gasteiger partial charge in [0, 0.05) is 12.6 Å². The van der Waals surface area contributed by atoms with Crippen LogP contribution in [0.5, 0.6) is 11.5 Å². The molecule has 0 bridgehead atoms. The van der Waals surface area contributed by atoms with Gasteiger partial charge in [0.05, 0.1) is 7.11 Å². The van der Waals surface area contributed by atoms with E-state index in [1.54, 1.807) is 20.4 Å². The molecule has 120 valence electrons. The van der Waals surface area contributed by atoms with Gasteiger partial charge in [0.2, 0.25) is 5.11 Å². The van der Waals surface area contributed by atoms with E-state index in [4.69, 9.17) is 21.7 Å². The Labute approximate surface area is 141 Å². The van der Waals surface area contributed by atoms with Crippen molar-refractivity contribution in [3.63, 3.8) is 0 Å². The number of hydrazone groups is 1. The molecule has 0 fully saturated rings. The molecule has 0 aromatic heterocycles. The highest BCUT2D eigenvalue weighted by molar-refractivity contribution is 7.80. The molecule has 23 heavy (non-hydrogen) atoms. The molecule has 0 atom stereocenters. The number of ether oxygens (including phenoxy) is 2. The van der Waals surface area contributed by atoms with Gasteiger partial charge in [-0.2, -0.15) is 0 Å². The fraction of sp³-hybridized carbons (Fsp3) is 0.176. The molecule has 3 N–H and O–H groups in total. The van der Waals surface area contributed by atoms with Gasteiger partial charge in [-0.3, -0.25) is 0 Å². The lowest BCUT2D eigenvalue weighted by molar-refractivity contribution is -0.500. The van der Waals surface area contributed by atoms with Crippen molar-refractivity contribution in [1.82, 2.24) is 10.7 Å². The SMILES string of the molecule is CNC(=S)N[NH+]=Cc1ccc(OCc2ccccc2)c(OC)c1. The summed E-state index contributed by atoms with van der Waals surface area (Å²) >= 11 is 4.97. The van der Waals surface area contributed by atoms with Gasteiger partial charge in [-0.15, -0.1) is 10.5 Å². The van der Waals surface area contributed by atoms with Crippen molar-refractivity contribution >= 4 is 23.5 Å². The highest BCUT2D eigenvalue weighted by atomic mass is 32.1. The number of rotatable bonds is 6. The summed E-state index contributed by atoms with van der Waals surface area (Å²) in [6.45, 7) is 0.497. The van der Waals surface area contributed by atoms with E-state index in [0.29, 0.717) is 23.2 Å². The lowest BCUT2D eigenvalue weighted by Gasteiger charge is -2.10. The first kappa shape index (κ1) is 16.8. The van der Waals surface area contributed by atoms with Crippen LogP contribution in [0.3, 0.4) is 0 Å². The van der Waals surface area contributed by atoms with Crippen LogP contribution in [0.15, 0.2) is 48.5 Å². The second-order valence-corrected chi connectivity index (χ2v) is 5.09. The zero-order chi connectivity index (χ0) is 16.5. The summed E-state index contributed by atoms with van der Waals surface area (Å²) in [7, 11) is 3.37. The number of benzene rings is 2. The predicted octanol–water partition coefficient (Wildman–Crippen LogP) is 0.783. The third-order valence-electron chi connectivity index (χ3n) is 3.08. The van der Waals surface area contributed by atoms with Crippen molar-refractivity contribution in [1.29, 1.82) is 0 Å². The molecule has 6 heteroatoms. The van der Waals surface area contributed by atoms with Crippen LogP contribution in [-0.2, 0) is 6.61 Å². The molecule has 0 aliphatic rings. The molecular weight excluding hydrogens is 310 g/mol. The quantitative estimate of drug-likeness (QED) is 0.415. The number of nitrogens with one attached hydrogen (secondary N) is 3. The molecule has 0 saturated heterocycles. The van der Waals surface area contributed by atoms with E-state index in [9.17, 15) is 0 Å². The standard InChI is InChI=1S/C17H19N3O2S/c1-18-17(23)20-19-11-14-8-9-15(16(10-14)21-2)22-12-13-6-4-3-5-7-13/h3-11H,12H2,1-2H3,(H2,18,20,23)/p+1. The van der Waals surface area contributed by atoms with E-state index >= 15 is 0 Å². The summed E-state index contributed by atoms with van der Waals surface area (Å²) in [6.07, 6.45) is 1.78. The average molecular weight is 330 g/mol.